The van der Waals surface area contributed by atoms with E-state index >= 15 is 0 Å². The van der Waals surface area contributed by atoms with Gasteiger partial charge in [0.1, 0.15) is 10.7 Å². The van der Waals surface area contributed by atoms with Gasteiger partial charge < -0.3 is 5.32 Å². The highest BCUT2D eigenvalue weighted by molar-refractivity contribution is 7.90. The van der Waals surface area contributed by atoms with E-state index in [9.17, 15) is 18.0 Å². The number of benzene rings is 1. The van der Waals surface area contributed by atoms with Gasteiger partial charge in [0, 0.05) is 35.8 Å². The van der Waals surface area contributed by atoms with Crippen LogP contribution in [0, 0.1) is 0 Å². The van der Waals surface area contributed by atoms with Crippen LogP contribution in [0.2, 0.25) is 0 Å². The molecule has 172 valence electrons. The molecule has 3 heterocycles. The molecule has 4 aromatic rings. The maximum Gasteiger partial charge on any atom is 0.270 e. The number of ketones is 1. The van der Waals surface area contributed by atoms with Crippen molar-refractivity contribution >= 4 is 32.9 Å². The van der Waals surface area contributed by atoms with Gasteiger partial charge in [-0.3, -0.25) is 19.6 Å². The summed E-state index contributed by atoms with van der Waals surface area (Å²) in [5, 5.41) is 5.02. The topological polar surface area (TPSA) is 119 Å². The molecular formula is C24H20N4O4S2. The van der Waals surface area contributed by atoms with E-state index in [-0.39, 0.29) is 29.3 Å². The number of Topliss-reactive ketones (excluding diaryl/α,β-unsaturated/α-hetero) is 1. The minimum Gasteiger partial charge on any atom is -0.344 e. The van der Waals surface area contributed by atoms with E-state index in [2.05, 4.69) is 20.3 Å². The molecule has 34 heavy (non-hydrogen) atoms. The second kappa shape index (κ2) is 10.0. The Balaban J connectivity index is 1.37. The summed E-state index contributed by atoms with van der Waals surface area (Å²) in [7, 11) is -3.47. The largest absolute Gasteiger partial charge is 0.344 e. The summed E-state index contributed by atoms with van der Waals surface area (Å²) in [5.74, 6) is -0.842. The molecule has 0 unspecified atom stereocenters. The van der Waals surface area contributed by atoms with Gasteiger partial charge >= 0.3 is 0 Å². The van der Waals surface area contributed by atoms with Crippen molar-refractivity contribution in [1.82, 2.24) is 20.3 Å². The Morgan fingerprint density at radius 3 is 2.50 bits per heavy atom. The van der Waals surface area contributed by atoms with E-state index in [1.807, 2.05) is 41.8 Å². The van der Waals surface area contributed by atoms with Crippen molar-refractivity contribution in [3.05, 3.63) is 83.2 Å². The Labute approximate surface area is 200 Å². The Hall–Kier alpha value is -3.76. The number of aromatic nitrogens is 3. The number of carbonyl (C=O) groups excluding carboxylic acids is 2. The average Bonchev–Trinajstić information content (AvgIpc) is 3.31. The minimum absolute atomic E-state index is 0.0118. The highest BCUT2D eigenvalue weighted by atomic mass is 32.2. The van der Waals surface area contributed by atoms with Gasteiger partial charge in [0.25, 0.3) is 5.91 Å². The maximum absolute atomic E-state index is 12.4. The molecule has 0 aliphatic carbocycles. The molecular weight excluding hydrogens is 472 g/mol. The van der Waals surface area contributed by atoms with Crippen molar-refractivity contribution < 1.29 is 18.0 Å². The Morgan fingerprint density at radius 2 is 1.74 bits per heavy atom. The number of nitrogens with zero attached hydrogens (tertiary/aromatic N) is 3. The van der Waals surface area contributed by atoms with Crippen LogP contribution in [0.1, 0.15) is 15.5 Å². The Morgan fingerprint density at radius 1 is 0.971 bits per heavy atom. The van der Waals surface area contributed by atoms with E-state index in [1.165, 1.54) is 29.7 Å². The number of pyridine rings is 2. The second-order valence-electron chi connectivity index (χ2n) is 7.49. The molecule has 4 rings (SSSR count). The minimum atomic E-state index is -3.47. The van der Waals surface area contributed by atoms with Gasteiger partial charge in [-0.15, -0.1) is 11.3 Å². The van der Waals surface area contributed by atoms with Crippen LogP contribution in [-0.4, -0.2) is 47.9 Å². The maximum atomic E-state index is 12.4. The fraction of sp³-hybridized carbons (Fsp3) is 0.125. The molecule has 0 fully saturated rings. The smallest absolute Gasteiger partial charge is 0.270 e. The highest BCUT2D eigenvalue weighted by Crippen LogP contribution is 2.27. The van der Waals surface area contributed by atoms with Crippen molar-refractivity contribution in [3.8, 4) is 22.4 Å². The molecule has 0 saturated carbocycles. The lowest BCUT2D eigenvalue weighted by Gasteiger charge is -2.05. The molecule has 0 saturated heterocycles. The summed E-state index contributed by atoms with van der Waals surface area (Å²) in [6.45, 7) is -0.212. The van der Waals surface area contributed by atoms with E-state index in [4.69, 9.17) is 0 Å². The third kappa shape index (κ3) is 5.77. The Bertz CT molecular complexity index is 1450. The van der Waals surface area contributed by atoms with Crippen LogP contribution in [0.4, 0.5) is 0 Å². The highest BCUT2D eigenvalue weighted by Gasteiger charge is 2.15. The SMILES string of the molecule is CS(=O)(=O)c1ccnc(C(=O)NCC(=O)Cc2nc(-c3cccc(-c4ccncc4)c3)cs2)c1. The van der Waals surface area contributed by atoms with E-state index < -0.39 is 15.7 Å². The van der Waals surface area contributed by atoms with Gasteiger partial charge in [-0.25, -0.2) is 13.4 Å². The molecule has 0 aliphatic rings. The number of amides is 1. The van der Waals surface area contributed by atoms with Crippen LogP contribution in [-0.2, 0) is 21.1 Å². The summed E-state index contributed by atoms with van der Waals surface area (Å²) in [6, 6.07) is 14.3. The quantitative estimate of drug-likeness (QED) is 0.401. The Kier molecular flexibility index (Phi) is 6.90. The molecule has 0 radical (unpaired) electrons. The van der Waals surface area contributed by atoms with Crippen LogP contribution in [0.3, 0.4) is 0 Å². The molecule has 3 aromatic heterocycles. The molecule has 0 bridgehead atoms. The number of carbonyl (C=O) groups is 2. The fourth-order valence-electron chi connectivity index (χ4n) is 3.19. The van der Waals surface area contributed by atoms with Gasteiger partial charge in [0.2, 0.25) is 0 Å². The number of nitrogens with one attached hydrogen (secondary N) is 1. The predicted molar refractivity (Wildman–Crippen MR) is 129 cm³/mol. The second-order valence-corrected chi connectivity index (χ2v) is 10.4. The van der Waals surface area contributed by atoms with E-state index in [1.54, 1.807) is 12.4 Å². The van der Waals surface area contributed by atoms with Crippen LogP contribution in [0.25, 0.3) is 22.4 Å². The first-order valence-corrected chi connectivity index (χ1v) is 13.0. The molecule has 8 nitrogen and oxygen atoms in total. The van der Waals surface area contributed by atoms with Gasteiger partial charge in [-0.1, -0.05) is 18.2 Å². The van der Waals surface area contributed by atoms with Crippen molar-refractivity contribution in [1.29, 1.82) is 0 Å². The van der Waals surface area contributed by atoms with Gasteiger partial charge in [-0.2, -0.15) is 0 Å². The van der Waals surface area contributed by atoms with Crippen molar-refractivity contribution in [3.63, 3.8) is 0 Å². The summed E-state index contributed by atoms with van der Waals surface area (Å²) in [6.07, 6.45) is 5.85. The zero-order valence-corrected chi connectivity index (χ0v) is 19.8. The number of sulfone groups is 1. The number of hydrogen-bond acceptors (Lipinski definition) is 8. The lowest BCUT2D eigenvalue weighted by molar-refractivity contribution is -0.117. The number of thiazole rings is 1. The number of rotatable bonds is 8. The van der Waals surface area contributed by atoms with Gasteiger partial charge in [0.05, 0.1) is 23.6 Å². The zero-order chi connectivity index (χ0) is 24.1. The summed E-state index contributed by atoms with van der Waals surface area (Å²) in [5.41, 5.74) is 3.74. The van der Waals surface area contributed by atoms with E-state index in [0.717, 1.165) is 28.6 Å². The van der Waals surface area contributed by atoms with Crippen molar-refractivity contribution in [2.24, 2.45) is 0 Å². The van der Waals surface area contributed by atoms with Gasteiger partial charge in [0.15, 0.2) is 15.6 Å². The summed E-state index contributed by atoms with van der Waals surface area (Å²) >= 11 is 1.38. The van der Waals surface area contributed by atoms with Crippen LogP contribution in [0.5, 0.6) is 0 Å². The third-order valence-electron chi connectivity index (χ3n) is 4.91. The first-order valence-electron chi connectivity index (χ1n) is 10.2. The first-order chi connectivity index (χ1) is 16.3. The lowest BCUT2D eigenvalue weighted by atomic mass is 10.0. The fourth-order valence-corrected chi connectivity index (χ4v) is 4.66. The van der Waals surface area contributed by atoms with Crippen LogP contribution in [0.15, 0.2) is 77.4 Å². The van der Waals surface area contributed by atoms with Crippen LogP contribution >= 0.6 is 11.3 Å². The van der Waals surface area contributed by atoms with E-state index in [0.29, 0.717) is 5.01 Å². The van der Waals surface area contributed by atoms with Crippen molar-refractivity contribution in [2.45, 2.75) is 11.3 Å². The molecule has 1 aromatic carbocycles. The lowest BCUT2D eigenvalue weighted by Crippen LogP contribution is -2.31. The molecule has 0 aliphatic heterocycles. The number of hydrogen-bond donors (Lipinski definition) is 1. The zero-order valence-electron chi connectivity index (χ0n) is 18.1. The van der Waals surface area contributed by atoms with Gasteiger partial charge in [-0.05, 0) is 41.5 Å². The normalized spacial score (nSPS) is 11.2. The van der Waals surface area contributed by atoms with Crippen molar-refractivity contribution in [2.75, 3.05) is 12.8 Å². The molecule has 0 atom stereocenters. The molecule has 1 N–H and O–H groups in total. The monoisotopic (exact) mass is 492 g/mol. The standard InChI is InChI=1S/C24H20N4O4S2/c1-34(31,32)20-7-10-26-21(13-20)24(30)27-14-19(29)12-23-28-22(15-33-23)18-4-2-3-17(11-18)16-5-8-25-9-6-16/h2-11,13,15H,12,14H2,1H3,(H,27,30). The molecule has 1 amide bonds. The summed E-state index contributed by atoms with van der Waals surface area (Å²) in [4.78, 5) is 37.2. The van der Waals surface area contributed by atoms with Crippen LogP contribution < -0.4 is 5.32 Å². The first kappa shape index (κ1) is 23.4. The average molecular weight is 493 g/mol. The predicted octanol–water partition coefficient (Wildman–Crippen LogP) is 3.21. The molecule has 0 spiro atoms. The summed E-state index contributed by atoms with van der Waals surface area (Å²) < 4.78 is 23.3. The molecule has 10 heteroatoms. The third-order valence-corrected chi connectivity index (χ3v) is 6.87.